The fourth-order valence-electron chi connectivity index (χ4n) is 3.42. The van der Waals surface area contributed by atoms with E-state index in [2.05, 4.69) is 12.2 Å². The SMILES string of the molecule is Cc1c(Cl)cccc1NC(=O)c1ccc(N2CCC[C@@H](C)C2)c([N+](=O)[O-])c1. The largest absolute Gasteiger partial charge is 0.366 e. The number of hydrogen-bond donors (Lipinski definition) is 1. The Bertz CT molecular complexity index is 885. The molecule has 0 bridgehead atoms. The van der Waals surface area contributed by atoms with Crippen LogP contribution in [-0.2, 0) is 0 Å². The third-order valence-corrected chi connectivity index (χ3v) is 5.36. The smallest absolute Gasteiger partial charge is 0.293 e. The maximum Gasteiger partial charge on any atom is 0.293 e. The van der Waals surface area contributed by atoms with Gasteiger partial charge >= 0.3 is 0 Å². The number of nitro groups is 1. The molecule has 1 heterocycles. The van der Waals surface area contributed by atoms with Gasteiger partial charge in [-0.05, 0) is 55.5 Å². The van der Waals surface area contributed by atoms with E-state index in [1.165, 1.54) is 6.07 Å². The summed E-state index contributed by atoms with van der Waals surface area (Å²) in [4.78, 5) is 25.8. The second-order valence-electron chi connectivity index (χ2n) is 7.02. The van der Waals surface area contributed by atoms with Crippen LogP contribution in [0.25, 0.3) is 0 Å². The van der Waals surface area contributed by atoms with Gasteiger partial charge in [0.15, 0.2) is 0 Å². The number of amides is 1. The van der Waals surface area contributed by atoms with Gasteiger partial charge in [0.1, 0.15) is 5.69 Å². The molecule has 1 N–H and O–H groups in total. The Morgan fingerprint density at radius 2 is 2.11 bits per heavy atom. The number of nitrogens with one attached hydrogen (secondary N) is 1. The zero-order chi connectivity index (χ0) is 19.6. The minimum Gasteiger partial charge on any atom is -0.366 e. The first-order chi connectivity index (χ1) is 12.9. The number of benzene rings is 2. The van der Waals surface area contributed by atoms with Crippen molar-refractivity contribution in [2.75, 3.05) is 23.3 Å². The van der Waals surface area contributed by atoms with Gasteiger partial charge in [0.05, 0.1) is 4.92 Å². The Balaban J connectivity index is 1.88. The molecule has 6 nitrogen and oxygen atoms in total. The molecule has 3 rings (SSSR count). The summed E-state index contributed by atoms with van der Waals surface area (Å²) in [6, 6.07) is 9.90. The molecule has 0 unspecified atom stereocenters. The zero-order valence-corrected chi connectivity index (χ0v) is 16.1. The van der Waals surface area contributed by atoms with Crippen LogP contribution in [0.15, 0.2) is 36.4 Å². The van der Waals surface area contributed by atoms with E-state index in [0.29, 0.717) is 22.3 Å². The molecule has 1 saturated heterocycles. The first-order valence-electron chi connectivity index (χ1n) is 8.96. The van der Waals surface area contributed by atoms with E-state index in [0.717, 1.165) is 31.5 Å². The number of rotatable bonds is 4. The molecule has 1 amide bonds. The van der Waals surface area contributed by atoms with Gasteiger partial charge in [0.2, 0.25) is 0 Å². The topological polar surface area (TPSA) is 75.5 Å². The van der Waals surface area contributed by atoms with E-state index < -0.39 is 10.8 Å². The summed E-state index contributed by atoms with van der Waals surface area (Å²) in [5.41, 5.74) is 2.11. The van der Waals surface area contributed by atoms with Crippen LogP contribution in [0.2, 0.25) is 5.02 Å². The van der Waals surface area contributed by atoms with E-state index >= 15 is 0 Å². The summed E-state index contributed by atoms with van der Waals surface area (Å²) in [5, 5.41) is 14.9. The summed E-state index contributed by atoms with van der Waals surface area (Å²) in [5.74, 6) is 0.0918. The summed E-state index contributed by atoms with van der Waals surface area (Å²) < 4.78 is 0. The van der Waals surface area contributed by atoms with Crippen LogP contribution in [0.3, 0.4) is 0 Å². The number of halogens is 1. The van der Waals surface area contributed by atoms with Gasteiger partial charge in [0, 0.05) is 35.4 Å². The van der Waals surface area contributed by atoms with E-state index in [9.17, 15) is 14.9 Å². The Hall–Kier alpha value is -2.60. The molecule has 1 aliphatic heterocycles. The summed E-state index contributed by atoms with van der Waals surface area (Å²) in [6.45, 7) is 5.53. The molecule has 7 heteroatoms. The number of nitro benzene ring substituents is 1. The minimum absolute atomic E-state index is 0.0421. The Kier molecular flexibility index (Phi) is 5.65. The van der Waals surface area contributed by atoms with E-state index in [1.54, 1.807) is 37.3 Å². The lowest BCUT2D eigenvalue weighted by Gasteiger charge is -2.32. The second-order valence-corrected chi connectivity index (χ2v) is 7.43. The summed E-state index contributed by atoms with van der Waals surface area (Å²) >= 11 is 6.08. The van der Waals surface area contributed by atoms with Crippen molar-refractivity contribution in [3.05, 3.63) is 62.7 Å². The highest BCUT2D eigenvalue weighted by atomic mass is 35.5. The lowest BCUT2D eigenvalue weighted by molar-refractivity contribution is -0.384. The van der Waals surface area contributed by atoms with Crippen molar-refractivity contribution in [1.29, 1.82) is 0 Å². The third-order valence-electron chi connectivity index (χ3n) is 4.95. The highest BCUT2D eigenvalue weighted by molar-refractivity contribution is 6.31. The van der Waals surface area contributed by atoms with Crippen LogP contribution in [0.1, 0.15) is 35.7 Å². The van der Waals surface area contributed by atoms with Crippen molar-refractivity contribution in [3.63, 3.8) is 0 Å². The molecule has 0 aromatic heterocycles. The average molecular weight is 388 g/mol. The number of piperidine rings is 1. The highest BCUT2D eigenvalue weighted by Crippen LogP contribution is 2.33. The molecule has 0 aliphatic carbocycles. The average Bonchev–Trinajstić information content (AvgIpc) is 2.65. The number of carbonyl (C=O) groups is 1. The van der Waals surface area contributed by atoms with Crippen molar-refractivity contribution in [2.24, 2.45) is 5.92 Å². The van der Waals surface area contributed by atoms with Gasteiger partial charge in [-0.25, -0.2) is 0 Å². The van der Waals surface area contributed by atoms with Crippen molar-refractivity contribution < 1.29 is 9.72 Å². The van der Waals surface area contributed by atoms with Crippen molar-refractivity contribution in [2.45, 2.75) is 26.7 Å². The summed E-state index contributed by atoms with van der Waals surface area (Å²) in [6.07, 6.45) is 2.14. The molecule has 0 radical (unpaired) electrons. The van der Waals surface area contributed by atoms with E-state index in [1.807, 2.05) is 4.90 Å². The molecule has 2 aromatic carbocycles. The molecule has 0 spiro atoms. The van der Waals surface area contributed by atoms with Gasteiger partial charge in [-0.2, -0.15) is 0 Å². The van der Waals surface area contributed by atoms with Crippen LogP contribution >= 0.6 is 11.6 Å². The highest BCUT2D eigenvalue weighted by Gasteiger charge is 2.25. The van der Waals surface area contributed by atoms with Gasteiger partial charge in [0.25, 0.3) is 11.6 Å². The molecule has 27 heavy (non-hydrogen) atoms. The molecule has 2 aromatic rings. The maximum atomic E-state index is 12.6. The minimum atomic E-state index is -0.421. The first kappa shape index (κ1) is 19.2. The molecule has 1 atom stereocenters. The molecule has 1 fully saturated rings. The quantitative estimate of drug-likeness (QED) is 0.588. The molecular weight excluding hydrogens is 366 g/mol. The second kappa shape index (κ2) is 7.96. The van der Waals surface area contributed by atoms with Gasteiger partial charge in [-0.15, -0.1) is 0 Å². The number of carbonyl (C=O) groups excluding carboxylic acids is 1. The number of hydrogen-bond acceptors (Lipinski definition) is 4. The number of anilines is 2. The molecule has 1 aliphatic rings. The fourth-order valence-corrected chi connectivity index (χ4v) is 3.60. The Labute approximate surface area is 163 Å². The number of nitrogens with zero attached hydrogens (tertiary/aromatic N) is 2. The van der Waals surface area contributed by atoms with E-state index in [4.69, 9.17) is 11.6 Å². The zero-order valence-electron chi connectivity index (χ0n) is 15.4. The van der Waals surface area contributed by atoms with E-state index in [-0.39, 0.29) is 11.3 Å². The van der Waals surface area contributed by atoms with Crippen LogP contribution in [0.4, 0.5) is 17.1 Å². The van der Waals surface area contributed by atoms with Crippen LogP contribution in [0.5, 0.6) is 0 Å². The fraction of sp³-hybridized carbons (Fsp3) is 0.350. The first-order valence-corrected chi connectivity index (χ1v) is 9.34. The Morgan fingerprint density at radius 3 is 2.81 bits per heavy atom. The molecule has 0 saturated carbocycles. The third kappa shape index (κ3) is 4.22. The summed E-state index contributed by atoms with van der Waals surface area (Å²) in [7, 11) is 0. The standard InChI is InChI=1S/C20H22ClN3O3/c1-13-5-4-10-23(12-13)18-9-8-15(11-19(18)24(26)27)20(25)22-17-7-3-6-16(21)14(17)2/h3,6-9,11,13H,4-5,10,12H2,1-2H3,(H,22,25)/t13-/m1/s1. The van der Waals surface area contributed by atoms with Gasteiger partial charge < -0.3 is 10.2 Å². The van der Waals surface area contributed by atoms with Crippen LogP contribution < -0.4 is 10.2 Å². The normalized spacial score (nSPS) is 16.9. The van der Waals surface area contributed by atoms with Gasteiger partial charge in [-0.1, -0.05) is 24.6 Å². The van der Waals surface area contributed by atoms with Crippen molar-refractivity contribution in [1.82, 2.24) is 0 Å². The van der Waals surface area contributed by atoms with Crippen LogP contribution in [0, 0.1) is 23.0 Å². The molecular formula is C20H22ClN3O3. The molecule has 142 valence electrons. The monoisotopic (exact) mass is 387 g/mol. The lowest BCUT2D eigenvalue weighted by Crippen LogP contribution is -2.34. The predicted octanol–water partition coefficient (Wildman–Crippen LogP) is 5.05. The van der Waals surface area contributed by atoms with Crippen LogP contribution in [-0.4, -0.2) is 23.9 Å². The maximum absolute atomic E-state index is 12.6. The Morgan fingerprint density at radius 1 is 1.33 bits per heavy atom. The van der Waals surface area contributed by atoms with Crippen molar-refractivity contribution >= 4 is 34.6 Å². The predicted molar refractivity (Wildman–Crippen MR) is 108 cm³/mol. The van der Waals surface area contributed by atoms with Gasteiger partial charge in [-0.3, -0.25) is 14.9 Å². The van der Waals surface area contributed by atoms with Crippen molar-refractivity contribution in [3.8, 4) is 0 Å². The lowest BCUT2D eigenvalue weighted by atomic mass is 9.99.